The molecule has 0 saturated heterocycles. The van der Waals surface area contributed by atoms with E-state index in [-0.39, 0.29) is 17.3 Å². The molecule has 2 aromatic carbocycles. The van der Waals surface area contributed by atoms with Crippen LogP contribution in [0.3, 0.4) is 0 Å². The molecule has 0 aliphatic rings. The maximum atomic E-state index is 12.3. The van der Waals surface area contributed by atoms with E-state index in [1.165, 1.54) is 4.57 Å². The zero-order chi connectivity index (χ0) is 17.1. The predicted octanol–water partition coefficient (Wildman–Crippen LogP) is 4.18. The first kappa shape index (κ1) is 16.5. The largest absolute Gasteiger partial charge is 0.323 e. The smallest absolute Gasteiger partial charge is 0.308 e. The summed E-state index contributed by atoms with van der Waals surface area (Å²) in [6.45, 7) is 1.94. The molecule has 0 radical (unpaired) electrons. The highest BCUT2D eigenvalue weighted by Gasteiger charge is 2.13. The number of anilines is 1. The van der Waals surface area contributed by atoms with Crippen molar-refractivity contribution >= 4 is 34.5 Å². The third-order valence-corrected chi connectivity index (χ3v) is 4.67. The zero-order valence-electron chi connectivity index (χ0n) is 13.0. The zero-order valence-corrected chi connectivity index (χ0v) is 14.5. The van der Waals surface area contributed by atoms with Gasteiger partial charge in [0.05, 0.1) is 16.4 Å². The first-order valence-corrected chi connectivity index (χ1v) is 8.60. The fourth-order valence-electron chi connectivity index (χ4n) is 2.33. The Morgan fingerprint density at radius 1 is 1.17 bits per heavy atom. The first-order valence-electron chi connectivity index (χ1n) is 7.34. The number of aryl methyl sites for hydroxylation is 1. The van der Waals surface area contributed by atoms with Crippen LogP contribution in [0.1, 0.15) is 5.56 Å². The number of nitrogens with one attached hydrogen (secondary N) is 1. The highest BCUT2D eigenvalue weighted by atomic mass is 35.5. The Labute approximate surface area is 148 Å². The van der Waals surface area contributed by atoms with Crippen molar-refractivity contribution in [1.29, 1.82) is 0 Å². The van der Waals surface area contributed by atoms with Gasteiger partial charge in [0.25, 0.3) is 0 Å². The monoisotopic (exact) mass is 358 g/mol. The van der Waals surface area contributed by atoms with Crippen LogP contribution in [0.4, 0.5) is 5.69 Å². The number of nitrogens with zero attached hydrogens (tertiary/aromatic N) is 1. The van der Waals surface area contributed by atoms with Crippen LogP contribution in [-0.4, -0.2) is 10.5 Å². The number of benzene rings is 2. The number of amides is 1. The van der Waals surface area contributed by atoms with Crippen LogP contribution in [0.25, 0.3) is 11.3 Å². The van der Waals surface area contributed by atoms with Gasteiger partial charge in [0.15, 0.2) is 0 Å². The fourth-order valence-corrected chi connectivity index (χ4v) is 3.27. The van der Waals surface area contributed by atoms with Crippen LogP contribution >= 0.6 is 22.9 Å². The summed E-state index contributed by atoms with van der Waals surface area (Å²) in [5.41, 5.74) is 3.31. The maximum absolute atomic E-state index is 12.3. The Morgan fingerprint density at radius 3 is 2.58 bits per heavy atom. The molecule has 1 aromatic heterocycles. The number of thiazole rings is 1. The standard InChI is InChI=1S/C18H15ClN2O2S/c1-12-6-8-13(9-7-12)16-11-24-18(23)21(16)10-17(22)20-15-5-3-2-4-14(15)19/h2-9,11H,10H2,1H3,(H,20,22). The molecule has 0 fully saturated rings. The predicted molar refractivity (Wildman–Crippen MR) is 98.8 cm³/mol. The molecule has 3 rings (SSSR count). The fraction of sp³-hybridized carbons (Fsp3) is 0.111. The van der Waals surface area contributed by atoms with Crippen molar-refractivity contribution in [3.63, 3.8) is 0 Å². The Balaban J connectivity index is 1.84. The summed E-state index contributed by atoms with van der Waals surface area (Å²) < 4.78 is 1.47. The molecule has 1 amide bonds. The summed E-state index contributed by atoms with van der Waals surface area (Å²) in [6.07, 6.45) is 0. The summed E-state index contributed by atoms with van der Waals surface area (Å²) in [7, 11) is 0. The van der Waals surface area contributed by atoms with Crippen LogP contribution in [0.2, 0.25) is 5.02 Å². The molecule has 122 valence electrons. The highest BCUT2D eigenvalue weighted by molar-refractivity contribution is 7.07. The van der Waals surface area contributed by atoms with E-state index in [0.717, 1.165) is 28.2 Å². The Bertz CT molecular complexity index is 929. The third-order valence-electron chi connectivity index (χ3n) is 3.58. The average molecular weight is 359 g/mol. The number of aromatic nitrogens is 1. The summed E-state index contributed by atoms with van der Waals surface area (Å²) >= 11 is 7.13. The van der Waals surface area contributed by atoms with Crippen molar-refractivity contribution in [3.8, 4) is 11.3 Å². The van der Waals surface area contributed by atoms with E-state index in [1.807, 2.05) is 31.2 Å². The third kappa shape index (κ3) is 3.58. The van der Waals surface area contributed by atoms with Gasteiger partial charge in [-0.15, -0.1) is 0 Å². The molecule has 0 saturated carbocycles. The summed E-state index contributed by atoms with van der Waals surface area (Å²) in [5, 5.41) is 4.97. The molecule has 0 atom stereocenters. The summed E-state index contributed by atoms with van der Waals surface area (Å²) in [5.74, 6) is -0.294. The van der Waals surface area contributed by atoms with Gasteiger partial charge < -0.3 is 5.32 Å². The highest BCUT2D eigenvalue weighted by Crippen LogP contribution is 2.22. The van der Waals surface area contributed by atoms with Crippen molar-refractivity contribution < 1.29 is 4.79 Å². The van der Waals surface area contributed by atoms with E-state index in [1.54, 1.807) is 29.6 Å². The normalized spacial score (nSPS) is 10.6. The van der Waals surface area contributed by atoms with E-state index in [2.05, 4.69) is 5.32 Å². The lowest BCUT2D eigenvalue weighted by molar-refractivity contribution is -0.116. The number of hydrogen-bond donors (Lipinski definition) is 1. The lowest BCUT2D eigenvalue weighted by Crippen LogP contribution is -2.25. The molecule has 24 heavy (non-hydrogen) atoms. The number of halogens is 1. The number of carbonyl (C=O) groups is 1. The molecule has 1 N–H and O–H groups in total. The lowest BCUT2D eigenvalue weighted by atomic mass is 10.1. The molecule has 1 heterocycles. The maximum Gasteiger partial charge on any atom is 0.308 e. The number of para-hydroxylation sites is 1. The number of rotatable bonds is 4. The Kier molecular flexibility index (Phi) is 4.83. The van der Waals surface area contributed by atoms with Gasteiger partial charge in [-0.3, -0.25) is 14.2 Å². The molecule has 3 aromatic rings. The minimum atomic E-state index is -0.294. The Hall–Kier alpha value is -2.37. The van der Waals surface area contributed by atoms with Gasteiger partial charge in [-0.05, 0) is 24.6 Å². The van der Waals surface area contributed by atoms with Gasteiger partial charge in [-0.25, -0.2) is 0 Å². The topological polar surface area (TPSA) is 51.1 Å². The Morgan fingerprint density at radius 2 is 1.88 bits per heavy atom. The van der Waals surface area contributed by atoms with E-state index < -0.39 is 0 Å². The van der Waals surface area contributed by atoms with Crippen LogP contribution in [0, 0.1) is 6.92 Å². The minimum Gasteiger partial charge on any atom is -0.323 e. The van der Waals surface area contributed by atoms with Gasteiger partial charge in [0.2, 0.25) is 5.91 Å². The summed E-state index contributed by atoms with van der Waals surface area (Å²) in [6, 6.07) is 14.8. The lowest BCUT2D eigenvalue weighted by Gasteiger charge is -2.10. The van der Waals surface area contributed by atoms with Crippen LogP contribution in [-0.2, 0) is 11.3 Å². The minimum absolute atomic E-state index is 0.0588. The van der Waals surface area contributed by atoms with Gasteiger partial charge in [-0.1, -0.05) is 64.9 Å². The second kappa shape index (κ2) is 7.03. The van der Waals surface area contributed by atoms with Crippen LogP contribution in [0.15, 0.2) is 58.7 Å². The second-order valence-corrected chi connectivity index (χ2v) is 6.59. The SMILES string of the molecule is Cc1ccc(-c2csc(=O)n2CC(=O)Nc2ccccc2Cl)cc1. The average Bonchev–Trinajstić information content (AvgIpc) is 2.91. The molecule has 0 spiro atoms. The molecule has 0 aliphatic heterocycles. The molecule has 4 nitrogen and oxygen atoms in total. The van der Waals surface area contributed by atoms with E-state index in [0.29, 0.717) is 10.7 Å². The first-order chi connectivity index (χ1) is 11.5. The van der Waals surface area contributed by atoms with Gasteiger partial charge >= 0.3 is 4.87 Å². The molecule has 6 heteroatoms. The molecular formula is C18H15ClN2O2S. The summed E-state index contributed by atoms with van der Waals surface area (Å²) in [4.78, 5) is 24.2. The molecule has 0 aliphatic carbocycles. The van der Waals surface area contributed by atoms with Gasteiger partial charge in [0, 0.05) is 5.38 Å². The van der Waals surface area contributed by atoms with Crippen LogP contribution < -0.4 is 10.2 Å². The quantitative estimate of drug-likeness (QED) is 0.760. The van der Waals surface area contributed by atoms with E-state index >= 15 is 0 Å². The van der Waals surface area contributed by atoms with Crippen LogP contribution in [0.5, 0.6) is 0 Å². The van der Waals surface area contributed by atoms with Crippen molar-refractivity contribution in [2.45, 2.75) is 13.5 Å². The van der Waals surface area contributed by atoms with E-state index in [4.69, 9.17) is 11.6 Å². The molecule has 0 unspecified atom stereocenters. The van der Waals surface area contributed by atoms with Crippen molar-refractivity contribution in [1.82, 2.24) is 4.57 Å². The molecular weight excluding hydrogens is 344 g/mol. The van der Waals surface area contributed by atoms with Crippen molar-refractivity contribution in [2.24, 2.45) is 0 Å². The molecule has 0 bridgehead atoms. The number of hydrogen-bond acceptors (Lipinski definition) is 3. The van der Waals surface area contributed by atoms with Crippen molar-refractivity contribution in [3.05, 3.63) is 74.2 Å². The van der Waals surface area contributed by atoms with E-state index in [9.17, 15) is 9.59 Å². The van der Waals surface area contributed by atoms with Gasteiger partial charge in [-0.2, -0.15) is 0 Å². The van der Waals surface area contributed by atoms with Gasteiger partial charge in [0.1, 0.15) is 6.54 Å². The number of carbonyl (C=O) groups excluding carboxylic acids is 1. The second-order valence-electron chi connectivity index (χ2n) is 5.37. The van der Waals surface area contributed by atoms with Crippen molar-refractivity contribution in [2.75, 3.05) is 5.32 Å².